The Morgan fingerprint density at radius 1 is 1.24 bits per heavy atom. The Morgan fingerprint density at radius 2 is 1.97 bits per heavy atom. The lowest BCUT2D eigenvalue weighted by atomic mass is 10.0. The van der Waals surface area contributed by atoms with E-state index in [0.717, 1.165) is 24.4 Å². The first-order valence-corrected chi connectivity index (χ1v) is 9.32. The summed E-state index contributed by atoms with van der Waals surface area (Å²) in [4.78, 5) is 25.0. The fraction of sp³-hybridized carbons (Fsp3) is 0.350. The minimum atomic E-state index is -0.499. The number of non-ortho nitro benzene ring substituents is 1. The van der Waals surface area contributed by atoms with Crippen LogP contribution in [0.25, 0.3) is 0 Å². The van der Waals surface area contributed by atoms with Crippen molar-refractivity contribution in [3.63, 3.8) is 0 Å². The number of rotatable bonds is 7. The van der Waals surface area contributed by atoms with Gasteiger partial charge in [-0.05, 0) is 23.8 Å². The second kappa shape index (κ2) is 9.85. The van der Waals surface area contributed by atoms with Gasteiger partial charge in [0, 0.05) is 37.5 Å². The van der Waals surface area contributed by atoms with Crippen molar-refractivity contribution in [3.05, 3.63) is 64.2 Å². The number of methoxy groups -OCH3 is 1. The summed E-state index contributed by atoms with van der Waals surface area (Å²) in [5.74, 6) is 0.769. The third-order valence-electron chi connectivity index (χ3n) is 4.76. The van der Waals surface area contributed by atoms with Crippen LogP contribution in [0, 0.1) is 10.1 Å². The number of morpholine rings is 1. The molecule has 9 nitrogen and oxygen atoms in total. The van der Waals surface area contributed by atoms with Crippen LogP contribution in [0.2, 0.25) is 0 Å². The smallest absolute Gasteiger partial charge is 0.319 e. The molecule has 1 unspecified atom stereocenters. The average molecular weight is 400 g/mol. The maximum absolute atomic E-state index is 12.4. The summed E-state index contributed by atoms with van der Waals surface area (Å²) in [5, 5.41) is 16.4. The predicted molar refractivity (Wildman–Crippen MR) is 108 cm³/mol. The van der Waals surface area contributed by atoms with Gasteiger partial charge in [-0.2, -0.15) is 0 Å². The summed E-state index contributed by atoms with van der Waals surface area (Å²) in [7, 11) is 1.62. The van der Waals surface area contributed by atoms with Gasteiger partial charge in [0.05, 0.1) is 31.3 Å². The van der Waals surface area contributed by atoms with Gasteiger partial charge in [-0.1, -0.05) is 18.2 Å². The van der Waals surface area contributed by atoms with Gasteiger partial charge in [0.1, 0.15) is 5.75 Å². The van der Waals surface area contributed by atoms with E-state index in [1.54, 1.807) is 13.2 Å². The Bertz CT molecular complexity index is 837. The fourth-order valence-corrected chi connectivity index (χ4v) is 3.23. The number of carbonyl (C=O) groups excluding carboxylic acids is 1. The van der Waals surface area contributed by atoms with Crippen molar-refractivity contribution in [2.75, 3.05) is 45.3 Å². The number of nitrogens with one attached hydrogen (secondary N) is 2. The normalized spacial score (nSPS) is 15.3. The quantitative estimate of drug-likeness (QED) is 0.547. The maximum Gasteiger partial charge on any atom is 0.319 e. The molecule has 1 heterocycles. The summed E-state index contributed by atoms with van der Waals surface area (Å²) >= 11 is 0. The average Bonchev–Trinajstić information content (AvgIpc) is 2.75. The zero-order valence-corrected chi connectivity index (χ0v) is 16.2. The molecular weight excluding hydrogens is 376 g/mol. The lowest BCUT2D eigenvalue weighted by molar-refractivity contribution is -0.384. The van der Waals surface area contributed by atoms with Crippen molar-refractivity contribution in [2.24, 2.45) is 0 Å². The van der Waals surface area contributed by atoms with Gasteiger partial charge >= 0.3 is 6.03 Å². The van der Waals surface area contributed by atoms with E-state index in [2.05, 4.69) is 15.5 Å². The highest BCUT2D eigenvalue weighted by molar-refractivity contribution is 5.89. The lowest BCUT2D eigenvalue weighted by Crippen LogP contribution is -2.44. The van der Waals surface area contributed by atoms with Gasteiger partial charge < -0.3 is 20.1 Å². The first kappa shape index (κ1) is 20.6. The molecule has 2 amide bonds. The number of urea groups is 1. The molecule has 2 aromatic rings. The first-order valence-electron chi connectivity index (χ1n) is 9.32. The molecule has 0 radical (unpaired) electrons. The van der Waals surface area contributed by atoms with E-state index in [-0.39, 0.29) is 11.7 Å². The molecule has 154 valence electrons. The predicted octanol–water partition coefficient (Wildman–Crippen LogP) is 2.80. The summed E-state index contributed by atoms with van der Waals surface area (Å²) in [6, 6.07) is 13.1. The Labute approximate surface area is 168 Å². The third kappa shape index (κ3) is 5.66. The Balaban J connectivity index is 1.66. The van der Waals surface area contributed by atoms with Gasteiger partial charge in [-0.15, -0.1) is 0 Å². The highest BCUT2D eigenvalue weighted by Crippen LogP contribution is 2.24. The Kier molecular flexibility index (Phi) is 6.99. The summed E-state index contributed by atoms with van der Waals surface area (Å²) in [6.07, 6.45) is 0. The number of amides is 2. The summed E-state index contributed by atoms with van der Waals surface area (Å²) in [5.41, 5.74) is 1.35. The fourth-order valence-electron chi connectivity index (χ4n) is 3.23. The van der Waals surface area contributed by atoms with Crippen molar-refractivity contribution in [1.29, 1.82) is 0 Å². The molecule has 1 fully saturated rings. The van der Waals surface area contributed by atoms with Crippen molar-refractivity contribution in [1.82, 2.24) is 10.2 Å². The van der Waals surface area contributed by atoms with Crippen LogP contribution in [0.1, 0.15) is 11.6 Å². The van der Waals surface area contributed by atoms with E-state index in [0.29, 0.717) is 25.4 Å². The van der Waals surface area contributed by atoms with Crippen LogP contribution in [0.15, 0.2) is 48.5 Å². The molecule has 0 aliphatic carbocycles. The molecule has 1 aliphatic heterocycles. The Hall–Kier alpha value is -3.17. The van der Waals surface area contributed by atoms with Crippen LogP contribution in [-0.4, -0.2) is 55.8 Å². The molecule has 0 bridgehead atoms. The number of ether oxygens (including phenoxy) is 2. The van der Waals surface area contributed by atoms with E-state index in [4.69, 9.17) is 9.47 Å². The highest BCUT2D eigenvalue weighted by Gasteiger charge is 2.23. The number of hydrogen-bond acceptors (Lipinski definition) is 6. The number of hydrogen-bond donors (Lipinski definition) is 2. The van der Waals surface area contributed by atoms with Gasteiger partial charge in [-0.3, -0.25) is 15.0 Å². The molecule has 2 N–H and O–H groups in total. The number of benzene rings is 2. The number of carbonyl (C=O) groups is 1. The number of nitrogens with zero attached hydrogens (tertiary/aromatic N) is 2. The minimum absolute atomic E-state index is 0.0272. The standard InChI is InChI=1S/C20H24N4O5/c1-28-18-7-5-15(6-8-18)19(23-9-11-29-12-10-23)14-21-20(25)22-16-3-2-4-17(13-16)24(26)27/h2-8,13,19H,9-12,14H2,1H3,(H2,21,22,25). The lowest BCUT2D eigenvalue weighted by Gasteiger charge is -2.35. The molecule has 2 aromatic carbocycles. The number of anilines is 1. The van der Waals surface area contributed by atoms with Crippen LogP contribution in [0.3, 0.4) is 0 Å². The van der Waals surface area contributed by atoms with Crippen molar-refractivity contribution < 1.29 is 19.2 Å². The van der Waals surface area contributed by atoms with Gasteiger partial charge in [0.25, 0.3) is 5.69 Å². The summed E-state index contributed by atoms with van der Waals surface area (Å²) in [6.45, 7) is 3.21. The molecule has 0 saturated carbocycles. The molecule has 0 spiro atoms. The number of nitro benzene ring substituents is 1. The largest absolute Gasteiger partial charge is 0.497 e. The topological polar surface area (TPSA) is 106 Å². The van der Waals surface area contributed by atoms with Gasteiger partial charge in [0.15, 0.2) is 0 Å². The molecule has 29 heavy (non-hydrogen) atoms. The monoisotopic (exact) mass is 400 g/mol. The first-order chi connectivity index (χ1) is 14.1. The zero-order chi connectivity index (χ0) is 20.6. The van der Waals surface area contributed by atoms with E-state index >= 15 is 0 Å². The SMILES string of the molecule is COc1ccc(C(CNC(=O)Nc2cccc([N+](=O)[O-])c2)N2CCOCC2)cc1. The Morgan fingerprint density at radius 3 is 2.62 bits per heavy atom. The molecule has 1 saturated heterocycles. The molecule has 1 atom stereocenters. The minimum Gasteiger partial charge on any atom is -0.497 e. The van der Waals surface area contributed by atoms with E-state index in [1.807, 2.05) is 24.3 Å². The molecular formula is C20H24N4O5. The van der Waals surface area contributed by atoms with Crippen molar-refractivity contribution in [3.8, 4) is 5.75 Å². The van der Waals surface area contributed by atoms with Crippen LogP contribution < -0.4 is 15.4 Å². The van der Waals surface area contributed by atoms with Gasteiger partial charge in [-0.25, -0.2) is 4.79 Å². The molecule has 0 aromatic heterocycles. The van der Waals surface area contributed by atoms with E-state index in [1.165, 1.54) is 18.2 Å². The van der Waals surface area contributed by atoms with E-state index < -0.39 is 11.0 Å². The van der Waals surface area contributed by atoms with Crippen LogP contribution in [0.4, 0.5) is 16.2 Å². The van der Waals surface area contributed by atoms with Crippen LogP contribution >= 0.6 is 0 Å². The molecule has 1 aliphatic rings. The molecule has 9 heteroatoms. The number of nitro groups is 1. The highest BCUT2D eigenvalue weighted by atomic mass is 16.6. The molecule has 3 rings (SSSR count). The second-order valence-electron chi connectivity index (χ2n) is 6.58. The van der Waals surface area contributed by atoms with E-state index in [9.17, 15) is 14.9 Å². The van der Waals surface area contributed by atoms with Crippen molar-refractivity contribution >= 4 is 17.4 Å². The van der Waals surface area contributed by atoms with Gasteiger partial charge in [0.2, 0.25) is 0 Å². The summed E-state index contributed by atoms with van der Waals surface area (Å²) < 4.78 is 10.7. The van der Waals surface area contributed by atoms with Crippen LogP contribution in [-0.2, 0) is 4.74 Å². The maximum atomic E-state index is 12.4. The van der Waals surface area contributed by atoms with Crippen molar-refractivity contribution in [2.45, 2.75) is 6.04 Å². The van der Waals surface area contributed by atoms with Crippen LogP contribution in [0.5, 0.6) is 5.75 Å². The zero-order valence-electron chi connectivity index (χ0n) is 16.2. The third-order valence-corrected chi connectivity index (χ3v) is 4.76. The second-order valence-corrected chi connectivity index (χ2v) is 6.58.